The van der Waals surface area contributed by atoms with Gasteiger partial charge in [-0.25, -0.2) is 4.79 Å². The number of carboxylic acid groups (broad SMARTS) is 1. The van der Waals surface area contributed by atoms with Crippen LogP contribution < -0.4 is 5.32 Å². The minimum absolute atomic E-state index is 0.167. The Balaban J connectivity index is 1.72. The fourth-order valence-electron chi connectivity index (χ4n) is 2.89. The largest absolute Gasteiger partial charge is 0.480 e. The highest BCUT2D eigenvalue weighted by atomic mass is 16.4. The molecule has 3 aromatic rings. The number of hydrogen-bond donors (Lipinski definition) is 4. The van der Waals surface area contributed by atoms with Gasteiger partial charge >= 0.3 is 5.97 Å². The minimum atomic E-state index is -1.10. The second-order valence-electron chi connectivity index (χ2n) is 7.31. The molecule has 0 spiro atoms. The Bertz CT molecular complexity index is 1100. The summed E-state index contributed by atoms with van der Waals surface area (Å²) in [4.78, 5) is 27.3. The maximum Gasteiger partial charge on any atom is 0.326 e. The maximum absolute atomic E-state index is 12.5. The van der Waals surface area contributed by atoms with E-state index >= 15 is 0 Å². The van der Waals surface area contributed by atoms with Crippen LogP contribution >= 0.6 is 0 Å². The summed E-state index contributed by atoms with van der Waals surface area (Å²) < 4.78 is 0. The lowest BCUT2D eigenvalue weighted by atomic mass is 10.0. The summed E-state index contributed by atoms with van der Waals surface area (Å²) in [5.74, 6) is 3.95. The zero-order chi connectivity index (χ0) is 21.0. The maximum atomic E-state index is 12.5. The van der Waals surface area contributed by atoms with Gasteiger partial charge in [-0.2, -0.15) is 0 Å². The Labute approximate surface area is 168 Å². The highest BCUT2D eigenvalue weighted by Crippen LogP contribution is 2.19. The third-order valence-corrected chi connectivity index (χ3v) is 4.36. The quantitative estimate of drug-likeness (QED) is 0.503. The molecule has 2 aromatic carbocycles. The predicted octanol–water partition coefficient (Wildman–Crippen LogP) is 2.72. The number of aromatic amines is 1. The summed E-state index contributed by atoms with van der Waals surface area (Å²) in [7, 11) is 0. The molecular formula is C23H22N2O4. The van der Waals surface area contributed by atoms with Crippen LogP contribution in [0.4, 0.5) is 0 Å². The average Bonchev–Trinajstić information content (AvgIpc) is 3.08. The summed E-state index contributed by atoms with van der Waals surface area (Å²) in [6.45, 7) is 3.17. The van der Waals surface area contributed by atoms with Gasteiger partial charge in [-0.05, 0) is 49.7 Å². The molecule has 3 rings (SSSR count). The summed E-state index contributed by atoms with van der Waals surface area (Å²) in [5, 5.41) is 22.7. The second-order valence-corrected chi connectivity index (χ2v) is 7.31. The highest BCUT2D eigenvalue weighted by Gasteiger charge is 2.22. The van der Waals surface area contributed by atoms with Crippen molar-refractivity contribution in [3.8, 4) is 11.8 Å². The first-order valence-electron chi connectivity index (χ1n) is 9.17. The number of hydrogen-bond acceptors (Lipinski definition) is 3. The molecule has 6 nitrogen and oxygen atoms in total. The molecule has 0 saturated heterocycles. The van der Waals surface area contributed by atoms with Crippen molar-refractivity contribution in [2.45, 2.75) is 31.9 Å². The van der Waals surface area contributed by atoms with Crippen LogP contribution in [-0.4, -0.2) is 38.7 Å². The van der Waals surface area contributed by atoms with Crippen molar-refractivity contribution in [1.82, 2.24) is 10.3 Å². The number of aliphatic hydroxyl groups is 1. The lowest BCUT2D eigenvalue weighted by Crippen LogP contribution is -2.42. The Morgan fingerprint density at radius 3 is 2.48 bits per heavy atom. The number of carboxylic acids is 1. The van der Waals surface area contributed by atoms with Gasteiger partial charge in [-0.15, -0.1) is 0 Å². The normalized spacial score (nSPS) is 12.1. The fraction of sp³-hybridized carbons (Fsp3) is 0.217. The Kier molecular flexibility index (Phi) is 5.71. The molecule has 0 saturated carbocycles. The number of para-hydroxylation sites is 1. The number of aromatic nitrogens is 1. The molecule has 0 aliphatic rings. The molecule has 4 N–H and O–H groups in total. The SMILES string of the molecule is CC(C)(O)C#Cc1ccc(C(=O)N[C@@H](Cc2c[nH]c3ccccc23)C(=O)O)cc1. The first-order valence-corrected chi connectivity index (χ1v) is 9.17. The fourth-order valence-corrected chi connectivity index (χ4v) is 2.89. The topological polar surface area (TPSA) is 102 Å². The van der Waals surface area contributed by atoms with Gasteiger partial charge in [0, 0.05) is 34.6 Å². The van der Waals surface area contributed by atoms with Crippen LogP contribution in [0.3, 0.4) is 0 Å². The number of rotatable bonds is 5. The summed E-state index contributed by atoms with van der Waals surface area (Å²) in [6, 6.07) is 13.0. The van der Waals surface area contributed by atoms with E-state index in [9.17, 15) is 19.8 Å². The second kappa shape index (κ2) is 8.21. The minimum Gasteiger partial charge on any atom is -0.480 e. The van der Waals surface area contributed by atoms with E-state index in [-0.39, 0.29) is 6.42 Å². The number of benzene rings is 2. The van der Waals surface area contributed by atoms with Crippen LogP contribution in [0, 0.1) is 11.8 Å². The van der Waals surface area contributed by atoms with Gasteiger partial charge < -0.3 is 20.5 Å². The van der Waals surface area contributed by atoms with E-state index in [1.807, 2.05) is 24.3 Å². The van der Waals surface area contributed by atoms with E-state index in [1.165, 1.54) is 0 Å². The van der Waals surface area contributed by atoms with Crippen molar-refractivity contribution in [3.05, 3.63) is 71.4 Å². The van der Waals surface area contributed by atoms with E-state index in [2.05, 4.69) is 22.1 Å². The van der Waals surface area contributed by atoms with E-state index in [0.29, 0.717) is 11.1 Å². The van der Waals surface area contributed by atoms with Crippen molar-refractivity contribution < 1.29 is 19.8 Å². The molecule has 1 atom stereocenters. The van der Waals surface area contributed by atoms with Crippen molar-refractivity contribution in [2.24, 2.45) is 0 Å². The third-order valence-electron chi connectivity index (χ3n) is 4.36. The van der Waals surface area contributed by atoms with Gasteiger partial charge in [0.15, 0.2) is 0 Å². The number of nitrogens with one attached hydrogen (secondary N) is 2. The van der Waals surface area contributed by atoms with Crippen LogP contribution in [0.2, 0.25) is 0 Å². The number of carbonyl (C=O) groups excluding carboxylic acids is 1. The van der Waals surface area contributed by atoms with E-state index in [4.69, 9.17) is 0 Å². The molecule has 6 heteroatoms. The number of carbonyl (C=O) groups is 2. The number of aliphatic carboxylic acids is 1. The number of amides is 1. The van der Waals surface area contributed by atoms with Gasteiger partial charge in [0.05, 0.1) is 0 Å². The number of fused-ring (bicyclic) bond motifs is 1. The van der Waals surface area contributed by atoms with E-state index < -0.39 is 23.5 Å². The average molecular weight is 390 g/mol. The van der Waals surface area contributed by atoms with Gasteiger partial charge in [0.1, 0.15) is 11.6 Å². The highest BCUT2D eigenvalue weighted by molar-refractivity contribution is 5.97. The van der Waals surface area contributed by atoms with Crippen molar-refractivity contribution in [1.29, 1.82) is 0 Å². The van der Waals surface area contributed by atoms with Crippen molar-refractivity contribution in [3.63, 3.8) is 0 Å². The van der Waals surface area contributed by atoms with Gasteiger partial charge in [-0.3, -0.25) is 4.79 Å². The standard InChI is InChI=1S/C23H22N2O4/c1-23(2,29)12-11-15-7-9-16(10-8-15)21(26)25-20(22(27)28)13-17-14-24-19-6-4-3-5-18(17)19/h3-10,14,20,24,29H,13H2,1-2H3,(H,25,26)(H,27,28)/t20-/m0/s1. The molecule has 0 unspecified atom stereocenters. The first kappa shape index (κ1) is 20.2. The molecule has 0 fully saturated rings. The van der Waals surface area contributed by atoms with E-state index in [1.54, 1.807) is 44.3 Å². The first-order chi connectivity index (χ1) is 13.7. The lowest BCUT2D eigenvalue weighted by Gasteiger charge is -2.14. The summed E-state index contributed by atoms with van der Waals surface area (Å²) in [6.07, 6.45) is 1.93. The molecule has 1 heterocycles. The van der Waals surface area contributed by atoms with Crippen molar-refractivity contribution >= 4 is 22.8 Å². The Morgan fingerprint density at radius 2 is 1.83 bits per heavy atom. The van der Waals surface area contributed by atoms with Gasteiger partial charge in [-0.1, -0.05) is 30.0 Å². The predicted molar refractivity (Wildman–Crippen MR) is 111 cm³/mol. The molecular weight excluding hydrogens is 368 g/mol. The smallest absolute Gasteiger partial charge is 0.326 e. The molecule has 1 aromatic heterocycles. The zero-order valence-corrected chi connectivity index (χ0v) is 16.2. The summed E-state index contributed by atoms with van der Waals surface area (Å²) >= 11 is 0. The van der Waals surface area contributed by atoms with Gasteiger partial charge in [0.25, 0.3) is 5.91 Å². The third kappa shape index (κ3) is 5.24. The molecule has 0 radical (unpaired) electrons. The Morgan fingerprint density at radius 1 is 1.14 bits per heavy atom. The van der Waals surface area contributed by atoms with Crippen LogP contribution in [0.15, 0.2) is 54.7 Å². The van der Waals surface area contributed by atoms with Crippen LogP contribution in [0.25, 0.3) is 10.9 Å². The molecule has 29 heavy (non-hydrogen) atoms. The van der Waals surface area contributed by atoms with Crippen LogP contribution in [0.1, 0.15) is 35.3 Å². The van der Waals surface area contributed by atoms with Gasteiger partial charge in [0.2, 0.25) is 0 Å². The van der Waals surface area contributed by atoms with Crippen LogP contribution in [-0.2, 0) is 11.2 Å². The molecule has 0 bridgehead atoms. The molecule has 1 amide bonds. The lowest BCUT2D eigenvalue weighted by molar-refractivity contribution is -0.139. The van der Waals surface area contributed by atoms with E-state index in [0.717, 1.165) is 16.5 Å². The number of H-pyrrole nitrogens is 1. The molecule has 148 valence electrons. The Hall–Kier alpha value is -3.56. The zero-order valence-electron chi connectivity index (χ0n) is 16.2. The molecule has 0 aliphatic carbocycles. The monoisotopic (exact) mass is 390 g/mol. The van der Waals surface area contributed by atoms with Crippen molar-refractivity contribution in [2.75, 3.05) is 0 Å². The van der Waals surface area contributed by atoms with Crippen LogP contribution in [0.5, 0.6) is 0 Å². The molecule has 0 aliphatic heterocycles. The summed E-state index contributed by atoms with van der Waals surface area (Å²) in [5.41, 5.74) is 1.63.